The first-order chi connectivity index (χ1) is 24.4. The Hall–Kier alpha value is -3.62. The van der Waals surface area contributed by atoms with E-state index in [-0.39, 0.29) is 34.9 Å². The highest BCUT2D eigenvalue weighted by molar-refractivity contribution is 9.10. The van der Waals surface area contributed by atoms with Crippen LogP contribution in [0.15, 0.2) is 118 Å². The van der Waals surface area contributed by atoms with E-state index >= 15 is 0 Å². The zero-order chi connectivity index (χ0) is 37.9. The molecule has 0 saturated carbocycles. The first-order valence-corrected chi connectivity index (χ1v) is 19.5. The molecule has 0 bridgehead atoms. The third kappa shape index (κ3) is 9.48. The van der Waals surface area contributed by atoms with E-state index in [2.05, 4.69) is 143 Å². The fourth-order valence-electron chi connectivity index (χ4n) is 7.48. The Morgan fingerprint density at radius 1 is 0.558 bits per heavy atom. The molecule has 2 aliphatic rings. The lowest BCUT2D eigenvalue weighted by Gasteiger charge is -2.31. The van der Waals surface area contributed by atoms with Gasteiger partial charge in [-0.05, 0) is 88.1 Å². The molecule has 0 unspecified atom stereocenters. The van der Waals surface area contributed by atoms with Gasteiger partial charge in [0.25, 0.3) is 0 Å². The number of rotatable bonds is 4. The van der Waals surface area contributed by atoms with Crippen LogP contribution in [-0.2, 0) is 20.3 Å². The van der Waals surface area contributed by atoms with Crippen molar-refractivity contribution < 1.29 is 19.1 Å². The Morgan fingerprint density at radius 2 is 0.865 bits per heavy atom. The van der Waals surface area contributed by atoms with Crippen molar-refractivity contribution >= 4 is 44.0 Å². The number of carbonyl (C=O) groups excluding carboxylic acids is 2. The molecule has 2 saturated heterocycles. The largest absolute Gasteiger partial charge is 0.444 e. The second-order valence-corrected chi connectivity index (χ2v) is 18.3. The van der Waals surface area contributed by atoms with Crippen molar-refractivity contribution in [3.05, 3.63) is 140 Å². The van der Waals surface area contributed by atoms with Gasteiger partial charge in [-0.3, -0.25) is 0 Å². The van der Waals surface area contributed by atoms with Crippen molar-refractivity contribution in [2.45, 2.75) is 89.3 Å². The van der Waals surface area contributed by atoms with Crippen molar-refractivity contribution in [3.63, 3.8) is 0 Å². The average Bonchev–Trinajstić information content (AvgIpc) is 3.64. The number of hydrogen-bond donors (Lipinski definition) is 0. The van der Waals surface area contributed by atoms with Crippen LogP contribution in [0.4, 0.5) is 9.59 Å². The standard InChI is InChI=1S/2C22H26BrNO2/c2*1-21(2,3)26-20(25)24-14-19(16-10-12-18(23)13-11-16)22(4,15-24)17-8-6-5-7-9-17/h2*5-13,19H,14-15H2,1-4H3/t2*19-,22+/m10/s1. The number of likely N-dealkylation sites (tertiary alicyclic amines) is 2. The lowest BCUT2D eigenvalue weighted by Crippen LogP contribution is -2.37. The molecule has 0 aromatic heterocycles. The predicted molar refractivity (Wildman–Crippen MR) is 217 cm³/mol. The molecular weight excluding hydrogens is 780 g/mol. The Balaban J connectivity index is 0.000000201. The number of amides is 2. The maximum atomic E-state index is 12.7. The number of carbonyl (C=O) groups is 2. The predicted octanol–water partition coefficient (Wildman–Crippen LogP) is 11.5. The topological polar surface area (TPSA) is 59.1 Å². The van der Waals surface area contributed by atoms with Crippen LogP contribution in [0.2, 0.25) is 0 Å². The van der Waals surface area contributed by atoms with E-state index in [1.54, 1.807) is 0 Å². The molecule has 4 aromatic rings. The molecular formula is C44H52Br2N2O4. The molecule has 8 heteroatoms. The lowest BCUT2D eigenvalue weighted by molar-refractivity contribution is 0.0274. The Bertz CT molecular complexity index is 1670. The first kappa shape index (κ1) is 39.6. The van der Waals surface area contributed by atoms with Gasteiger partial charge >= 0.3 is 12.2 Å². The van der Waals surface area contributed by atoms with Crippen LogP contribution in [-0.4, -0.2) is 59.4 Å². The van der Waals surface area contributed by atoms with Gasteiger partial charge in [-0.25, -0.2) is 9.59 Å². The molecule has 6 rings (SSSR count). The molecule has 6 nitrogen and oxygen atoms in total. The normalized spacial score (nSPS) is 23.1. The summed E-state index contributed by atoms with van der Waals surface area (Å²) in [5.74, 6) is 0.427. The van der Waals surface area contributed by atoms with Gasteiger partial charge in [0.15, 0.2) is 0 Å². The molecule has 0 radical (unpaired) electrons. The van der Waals surface area contributed by atoms with Crippen LogP contribution >= 0.6 is 31.9 Å². The highest BCUT2D eigenvalue weighted by Crippen LogP contribution is 2.47. The SMILES string of the molecule is CC(C)(C)OC(=O)N1C[C@@H](c2ccc(Br)cc2)[C@@](C)(c2ccccc2)C1.CC(C)(C)OC(=O)N1C[C@H](c2ccc(Br)cc2)[C@](C)(c2ccccc2)C1. The van der Waals surface area contributed by atoms with Crippen LogP contribution in [0, 0.1) is 0 Å². The Kier molecular flexibility index (Phi) is 12.0. The number of benzene rings is 4. The molecule has 0 N–H and O–H groups in total. The molecule has 2 amide bonds. The summed E-state index contributed by atoms with van der Waals surface area (Å²) in [4.78, 5) is 29.1. The van der Waals surface area contributed by atoms with E-state index in [0.29, 0.717) is 26.2 Å². The minimum absolute atomic E-state index is 0.161. The minimum Gasteiger partial charge on any atom is -0.444 e. The number of halogens is 2. The second kappa shape index (κ2) is 15.8. The van der Waals surface area contributed by atoms with Gasteiger partial charge in [0.05, 0.1) is 0 Å². The zero-order valence-electron chi connectivity index (χ0n) is 31.7. The molecule has 4 atom stereocenters. The van der Waals surface area contributed by atoms with Crippen molar-refractivity contribution in [3.8, 4) is 0 Å². The van der Waals surface area contributed by atoms with E-state index in [1.165, 1.54) is 22.3 Å². The monoisotopic (exact) mass is 830 g/mol. The van der Waals surface area contributed by atoms with Gasteiger partial charge in [-0.15, -0.1) is 0 Å². The number of nitrogens with zero attached hydrogens (tertiary/aromatic N) is 2. The van der Waals surface area contributed by atoms with Gasteiger partial charge in [0, 0.05) is 57.8 Å². The first-order valence-electron chi connectivity index (χ1n) is 18.0. The molecule has 0 aliphatic carbocycles. The third-order valence-corrected chi connectivity index (χ3v) is 11.2. The molecule has 2 fully saturated rings. The molecule has 2 aliphatic heterocycles. The Morgan fingerprint density at radius 3 is 1.15 bits per heavy atom. The highest BCUT2D eigenvalue weighted by atomic mass is 79.9. The summed E-state index contributed by atoms with van der Waals surface area (Å²) in [7, 11) is 0. The lowest BCUT2D eigenvalue weighted by atomic mass is 9.71. The highest BCUT2D eigenvalue weighted by Gasteiger charge is 2.48. The summed E-state index contributed by atoms with van der Waals surface area (Å²) in [5.41, 5.74) is 3.68. The molecule has 0 spiro atoms. The number of ether oxygens (including phenoxy) is 2. The number of hydrogen-bond acceptors (Lipinski definition) is 4. The van der Waals surface area contributed by atoms with Crippen LogP contribution in [0.3, 0.4) is 0 Å². The van der Waals surface area contributed by atoms with Gasteiger partial charge in [0.1, 0.15) is 11.2 Å². The van der Waals surface area contributed by atoms with Gasteiger partial charge in [-0.2, -0.15) is 0 Å². The fraction of sp³-hybridized carbons (Fsp3) is 0.409. The summed E-state index contributed by atoms with van der Waals surface area (Å²) in [6.07, 6.45) is -0.474. The summed E-state index contributed by atoms with van der Waals surface area (Å²) in [6.45, 7) is 18.5. The van der Waals surface area contributed by atoms with Crippen molar-refractivity contribution in [2.75, 3.05) is 26.2 Å². The van der Waals surface area contributed by atoms with E-state index in [1.807, 2.05) is 63.5 Å². The fourth-order valence-corrected chi connectivity index (χ4v) is 8.01. The van der Waals surface area contributed by atoms with Gasteiger partial charge in [0.2, 0.25) is 0 Å². The molecule has 276 valence electrons. The van der Waals surface area contributed by atoms with Gasteiger partial charge < -0.3 is 19.3 Å². The molecule has 2 heterocycles. The summed E-state index contributed by atoms with van der Waals surface area (Å²) < 4.78 is 13.4. The van der Waals surface area contributed by atoms with Crippen LogP contribution in [0.25, 0.3) is 0 Å². The van der Waals surface area contributed by atoms with Crippen molar-refractivity contribution in [2.24, 2.45) is 0 Å². The zero-order valence-corrected chi connectivity index (χ0v) is 34.8. The van der Waals surface area contributed by atoms with E-state index in [9.17, 15) is 9.59 Å². The van der Waals surface area contributed by atoms with Crippen molar-refractivity contribution in [1.29, 1.82) is 0 Å². The smallest absolute Gasteiger partial charge is 0.410 e. The summed E-state index contributed by atoms with van der Waals surface area (Å²) >= 11 is 7.02. The molecule has 52 heavy (non-hydrogen) atoms. The van der Waals surface area contributed by atoms with E-state index in [4.69, 9.17) is 9.47 Å². The quantitative estimate of drug-likeness (QED) is 0.206. The van der Waals surface area contributed by atoms with Crippen molar-refractivity contribution in [1.82, 2.24) is 9.80 Å². The summed E-state index contributed by atoms with van der Waals surface area (Å²) in [5, 5.41) is 0. The van der Waals surface area contributed by atoms with E-state index < -0.39 is 11.2 Å². The van der Waals surface area contributed by atoms with Crippen LogP contribution < -0.4 is 0 Å². The van der Waals surface area contributed by atoms with Crippen LogP contribution in [0.1, 0.15) is 89.5 Å². The molecule has 4 aromatic carbocycles. The second-order valence-electron chi connectivity index (χ2n) is 16.5. The van der Waals surface area contributed by atoms with Gasteiger partial charge in [-0.1, -0.05) is 131 Å². The summed E-state index contributed by atoms with van der Waals surface area (Å²) in [6, 6.07) is 37.8. The third-order valence-electron chi connectivity index (χ3n) is 10.1. The average molecular weight is 833 g/mol. The Labute approximate surface area is 327 Å². The van der Waals surface area contributed by atoms with Crippen LogP contribution in [0.5, 0.6) is 0 Å². The maximum Gasteiger partial charge on any atom is 0.410 e. The van der Waals surface area contributed by atoms with E-state index in [0.717, 1.165) is 8.95 Å². The minimum atomic E-state index is -0.490. The maximum absolute atomic E-state index is 12.7.